The number of carbonyl (C=O) groups excluding carboxylic acids is 1. The molecule has 0 bridgehead atoms. The molecule has 0 saturated heterocycles. The number of H-pyrrole nitrogens is 1. The number of amides is 1. The molecule has 0 aliphatic heterocycles. The molecular weight excluding hydrogens is 307 g/mol. The van der Waals surface area contributed by atoms with Gasteiger partial charge in [0.2, 0.25) is 0 Å². The Morgan fingerprint density at radius 2 is 2.09 bits per heavy atom. The Morgan fingerprint density at radius 3 is 2.82 bits per heavy atom. The van der Waals surface area contributed by atoms with E-state index in [2.05, 4.69) is 10.3 Å². The number of hydrogen-bond acceptors (Lipinski definition) is 2. The fourth-order valence-electron chi connectivity index (χ4n) is 2.20. The van der Waals surface area contributed by atoms with Gasteiger partial charge in [0, 0.05) is 16.6 Å². The molecule has 1 amide bonds. The lowest BCUT2D eigenvalue weighted by atomic mass is 10.2. The fourth-order valence-corrected chi connectivity index (χ4v) is 2.38. The molecule has 0 unspecified atom stereocenters. The predicted molar refractivity (Wildman–Crippen MR) is 84.2 cm³/mol. The van der Waals surface area contributed by atoms with Crippen LogP contribution in [-0.2, 0) is 0 Å². The molecule has 0 atom stereocenters. The molecule has 1 aromatic heterocycles. The molecule has 3 aromatic rings. The molecular formula is C16H12ClFN2O2. The van der Waals surface area contributed by atoms with Crippen molar-refractivity contribution >= 4 is 34.1 Å². The summed E-state index contributed by atoms with van der Waals surface area (Å²) in [4.78, 5) is 15.3. The Morgan fingerprint density at radius 1 is 1.27 bits per heavy atom. The molecule has 3 rings (SSSR count). The van der Waals surface area contributed by atoms with E-state index in [-0.39, 0.29) is 10.9 Å². The van der Waals surface area contributed by atoms with Crippen LogP contribution < -0.4 is 10.1 Å². The molecule has 0 spiro atoms. The highest BCUT2D eigenvalue weighted by molar-refractivity contribution is 6.31. The second kappa shape index (κ2) is 5.69. The average Bonchev–Trinajstić information content (AvgIpc) is 2.95. The Labute approximate surface area is 130 Å². The van der Waals surface area contributed by atoms with E-state index in [1.165, 1.54) is 18.2 Å². The summed E-state index contributed by atoms with van der Waals surface area (Å²) in [6.07, 6.45) is 0. The minimum absolute atomic E-state index is 0.0453. The van der Waals surface area contributed by atoms with Crippen LogP contribution in [0.15, 0.2) is 42.5 Å². The fraction of sp³-hybridized carbons (Fsp3) is 0.0625. The van der Waals surface area contributed by atoms with E-state index in [0.29, 0.717) is 17.1 Å². The third kappa shape index (κ3) is 2.63. The number of fused-ring (bicyclic) bond motifs is 1. The van der Waals surface area contributed by atoms with Crippen LogP contribution in [0.3, 0.4) is 0 Å². The minimum atomic E-state index is -0.532. The van der Waals surface area contributed by atoms with Gasteiger partial charge < -0.3 is 15.0 Å². The van der Waals surface area contributed by atoms with Crippen molar-refractivity contribution in [2.45, 2.75) is 0 Å². The summed E-state index contributed by atoms with van der Waals surface area (Å²) in [7, 11) is 1.57. The summed E-state index contributed by atoms with van der Waals surface area (Å²) in [5.74, 6) is -0.200. The van der Waals surface area contributed by atoms with Crippen molar-refractivity contribution in [3.63, 3.8) is 0 Å². The highest BCUT2D eigenvalue weighted by atomic mass is 35.5. The van der Waals surface area contributed by atoms with Gasteiger partial charge in [0.05, 0.1) is 12.1 Å². The van der Waals surface area contributed by atoms with Gasteiger partial charge in [-0.1, -0.05) is 17.7 Å². The van der Waals surface area contributed by atoms with Crippen molar-refractivity contribution in [3.8, 4) is 5.75 Å². The van der Waals surface area contributed by atoms with Crippen molar-refractivity contribution in [1.82, 2.24) is 4.98 Å². The number of hydrogen-bond donors (Lipinski definition) is 2. The summed E-state index contributed by atoms with van der Waals surface area (Å²) in [5, 5.41) is 3.43. The molecule has 2 N–H and O–H groups in total. The first-order valence-corrected chi connectivity index (χ1v) is 6.88. The van der Waals surface area contributed by atoms with Crippen molar-refractivity contribution in [1.29, 1.82) is 0 Å². The standard InChI is InChI=1S/C16H12ClFN2O2/c1-22-15-4-2-3-13-10(15)8-14(20-13)16(21)19-9-5-6-12(18)11(17)7-9/h2-8,20H,1H3,(H,19,21). The van der Waals surface area contributed by atoms with E-state index < -0.39 is 5.82 Å². The van der Waals surface area contributed by atoms with Gasteiger partial charge in [-0.2, -0.15) is 0 Å². The van der Waals surface area contributed by atoms with E-state index in [0.717, 1.165) is 10.9 Å². The summed E-state index contributed by atoms with van der Waals surface area (Å²) in [5.41, 5.74) is 1.59. The maximum Gasteiger partial charge on any atom is 0.272 e. The summed E-state index contributed by atoms with van der Waals surface area (Å²) < 4.78 is 18.4. The first-order valence-electron chi connectivity index (χ1n) is 6.50. The molecule has 6 heteroatoms. The van der Waals surface area contributed by atoms with E-state index in [9.17, 15) is 9.18 Å². The number of ether oxygens (including phenoxy) is 1. The van der Waals surface area contributed by atoms with E-state index in [4.69, 9.17) is 16.3 Å². The zero-order chi connectivity index (χ0) is 15.7. The molecule has 0 aliphatic rings. The second-order valence-corrected chi connectivity index (χ2v) is 5.09. The van der Waals surface area contributed by atoms with Gasteiger partial charge in [-0.3, -0.25) is 4.79 Å². The number of nitrogens with one attached hydrogen (secondary N) is 2. The molecule has 2 aromatic carbocycles. The third-order valence-electron chi connectivity index (χ3n) is 3.27. The molecule has 1 heterocycles. The van der Waals surface area contributed by atoms with Gasteiger partial charge in [0.25, 0.3) is 5.91 Å². The van der Waals surface area contributed by atoms with Gasteiger partial charge in [-0.15, -0.1) is 0 Å². The van der Waals surface area contributed by atoms with Gasteiger partial charge in [0.1, 0.15) is 17.3 Å². The third-order valence-corrected chi connectivity index (χ3v) is 3.56. The molecule has 0 fully saturated rings. The minimum Gasteiger partial charge on any atom is -0.496 e. The topological polar surface area (TPSA) is 54.1 Å². The van der Waals surface area contributed by atoms with Gasteiger partial charge in [0.15, 0.2) is 0 Å². The lowest BCUT2D eigenvalue weighted by Gasteiger charge is -2.04. The quantitative estimate of drug-likeness (QED) is 0.759. The smallest absolute Gasteiger partial charge is 0.272 e. The van der Waals surface area contributed by atoms with Crippen LogP contribution in [0, 0.1) is 5.82 Å². The molecule has 112 valence electrons. The van der Waals surface area contributed by atoms with Crippen LogP contribution >= 0.6 is 11.6 Å². The van der Waals surface area contributed by atoms with Crippen LogP contribution in [0.25, 0.3) is 10.9 Å². The van der Waals surface area contributed by atoms with Gasteiger partial charge >= 0.3 is 0 Å². The van der Waals surface area contributed by atoms with Crippen molar-refractivity contribution in [3.05, 3.63) is 59.0 Å². The van der Waals surface area contributed by atoms with Crippen LogP contribution in [0.1, 0.15) is 10.5 Å². The Hall–Kier alpha value is -2.53. The molecule has 22 heavy (non-hydrogen) atoms. The second-order valence-electron chi connectivity index (χ2n) is 4.69. The number of halogens is 2. The number of rotatable bonds is 3. The Balaban J connectivity index is 1.90. The van der Waals surface area contributed by atoms with Crippen molar-refractivity contribution < 1.29 is 13.9 Å². The molecule has 0 radical (unpaired) electrons. The van der Waals surface area contributed by atoms with Crippen LogP contribution in [0.4, 0.5) is 10.1 Å². The Kier molecular flexibility index (Phi) is 3.73. The predicted octanol–water partition coefficient (Wildman–Crippen LogP) is 4.22. The Bertz CT molecular complexity index is 860. The average molecular weight is 319 g/mol. The zero-order valence-corrected chi connectivity index (χ0v) is 12.4. The first-order chi connectivity index (χ1) is 10.6. The molecule has 0 aliphatic carbocycles. The number of aromatic amines is 1. The summed E-state index contributed by atoms with van der Waals surface area (Å²) in [6, 6.07) is 11.2. The van der Waals surface area contributed by atoms with Crippen LogP contribution in [0.2, 0.25) is 5.02 Å². The van der Waals surface area contributed by atoms with E-state index in [1.807, 2.05) is 18.2 Å². The lowest BCUT2D eigenvalue weighted by molar-refractivity contribution is 0.102. The number of anilines is 1. The first kappa shape index (κ1) is 14.4. The zero-order valence-electron chi connectivity index (χ0n) is 11.6. The molecule has 4 nitrogen and oxygen atoms in total. The van der Waals surface area contributed by atoms with E-state index in [1.54, 1.807) is 13.2 Å². The van der Waals surface area contributed by atoms with Crippen molar-refractivity contribution in [2.24, 2.45) is 0 Å². The SMILES string of the molecule is COc1cccc2[nH]c(C(=O)Nc3ccc(F)c(Cl)c3)cc12. The number of methoxy groups -OCH3 is 1. The van der Waals surface area contributed by atoms with Crippen LogP contribution in [-0.4, -0.2) is 18.0 Å². The van der Waals surface area contributed by atoms with Gasteiger partial charge in [-0.05, 0) is 36.4 Å². The monoisotopic (exact) mass is 318 g/mol. The largest absolute Gasteiger partial charge is 0.496 e. The highest BCUT2D eigenvalue weighted by Crippen LogP contribution is 2.26. The maximum absolute atomic E-state index is 13.1. The van der Waals surface area contributed by atoms with E-state index >= 15 is 0 Å². The number of benzene rings is 2. The lowest BCUT2D eigenvalue weighted by Crippen LogP contribution is -2.12. The summed E-state index contributed by atoms with van der Waals surface area (Å²) >= 11 is 5.70. The highest BCUT2D eigenvalue weighted by Gasteiger charge is 2.12. The number of carbonyl (C=O) groups is 1. The normalized spacial score (nSPS) is 10.7. The van der Waals surface area contributed by atoms with Crippen molar-refractivity contribution in [2.75, 3.05) is 12.4 Å². The number of aromatic nitrogens is 1. The summed E-state index contributed by atoms with van der Waals surface area (Å²) in [6.45, 7) is 0. The van der Waals surface area contributed by atoms with Crippen LogP contribution in [0.5, 0.6) is 5.75 Å². The maximum atomic E-state index is 13.1. The molecule has 0 saturated carbocycles. The van der Waals surface area contributed by atoms with Gasteiger partial charge in [-0.25, -0.2) is 4.39 Å².